The van der Waals surface area contributed by atoms with Crippen molar-refractivity contribution in [3.05, 3.63) is 45.4 Å². The Morgan fingerprint density at radius 3 is 2.70 bits per heavy atom. The summed E-state index contributed by atoms with van der Waals surface area (Å²) in [5.41, 5.74) is 3.72. The van der Waals surface area contributed by atoms with E-state index in [1.165, 1.54) is 24.0 Å². The molecule has 3 fully saturated rings. The van der Waals surface area contributed by atoms with E-state index in [2.05, 4.69) is 30.1 Å². The third kappa shape index (κ3) is 4.04. The van der Waals surface area contributed by atoms with Gasteiger partial charge in [-0.1, -0.05) is 13.0 Å². The van der Waals surface area contributed by atoms with Gasteiger partial charge in [-0.25, -0.2) is 4.98 Å². The van der Waals surface area contributed by atoms with Gasteiger partial charge in [0.05, 0.1) is 30.0 Å². The Labute approximate surface area is 183 Å². The van der Waals surface area contributed by atoms with Crippen LogP contribution in [0, 0.1) is 17.8 Å². The van der Waals surface area contributed by atoms with Crippen LogP contribution < -0.4 is 4.74 Å². The number of fused-ring (bicyclic) bond motifs is 1. The van der Waals surface area contributed by atoms with Gasteiger partial charge in [-0.2, -0.15) is 0 Å². The number of hydrogen-bond donors (Lipinski definition) is 2. The second kappa shape index (κ2) is 8.60. The second-order valence-electron chi connectivity index (χ2n) is 9.54. The van der Waals surface area contributed by atoms with Gasteiger partial charge >= 0.3 is 0 Å². The smallest absolute Gasteiger partial charge is 0.119 e. The molecule has 4 nitrogen and oxygen atoms in total. The number of hydrogen-bond acceptors (Lipinski definition) is 5. The third-order valence-corrected chi connectivity index (χ3v) is 8.72. The number of ether oxygens (including phenoxy) is 1. The number of benzene rings is 1. The summed E-state index contributed by atoms with van der Waals surface area (Å²) < 4.78 is 6.26. The zero-order chi connectivity index (χ0) is 20.7. The molecule has 0 saturated heterocycles. The highest BCUT2D eigenvalue weighted by Gasteiger charge is 2.46. The fraction of sp³-hybridized carbons (Fsp3) is 0.640. The molecule has 1 aromatic heterocycles. The van der Waals surface area contributed by atoms with E-state index in [4.69, 9.17) is 4.74 Å². The van der Waals surface area contributed by atoms with Crippen molar-refractivity contribution in [1.82, 2.24) is 4.98 Å². The second-order valence-corrected chi connectivity index (χ2v) is 10.4. The highest BCUT2D eigenvalue weighted by atomic mass is 32.1. The molecule has 0 bridgehead atoms. The van der Waals surface area contributed by atoms with Crippen molar-refractivity contribution in [2.45, 2.75) is 76.4 Å². The van der Waals surface area contributed by atoms with Crippen LogP contribution in [0.15, 0.2) is 23.6 Å². The minimum Gasteiger partial charge on any atom is -0.493 e. The van der Waals surface area contributed by atoms with Crippen LogP contribution in [0.3, 0.4) is 0 Å². The van der Waals surface area contributed by atoms with Crippen molar-refractivity contribution in [2.75, 3.05) is 6.61 Å². The van der Waals surface area contributed by atoms with E-state index in [0.29, 0.717) is 24.4 Å². The molecule has 0 amide bonds. The Kier molecular flexibility index (Phi) is 5.87. The predicted molar refractivity (Wildman–Crippen MR) is 119 cm³/mol. The van der Waals surface area contributed by atoms with Gasteiger partial charge in [0.1, 0.15) is 5.75 Å². The lowest BCUT2D eigenvalue weighted by Crippen LogP contribution is -2.29. The number of rotatable bonds is 7. The lowest BCUT2D eigenvalue weighted by atomic mass is 9.73. The Bertz CT molecular complexity index is 877. The molecule has 162 valence electrons. The van der Waals surface area contributed by atoms with Crippen LogP contribution in [-0.2, 0) is 13.0 Å². The third-order valence-electron chi connectivity index (χ3n) is 7.67. The van der Waals surface area contributed by atoms with Crippen molar-refractivity contribution in [3.63, 3.8) is 0 Å². The van der Waals surface area contributed by atoms with Gasteiger partial charge in [0.2, 0.25) is 0 Å². The number of thiazole rings is 1. The van der Waals surface area contributed by atoms with Crippen LogP contribution in [0.1, 0.15) is 79.1 Å². The monoisotopic (exact) mass is 427 g/mol. The van der Waals surface area contributed by atoms with Crippen molar-refractivity contribution < 1.29 is 14.9 Å². The quantitative estimate of drug-likeness (QED) is 0.650. The average molecular weight is 428 g/mol. The molecule has 3 aliphatic rings. The summed E-state index contributed by atoms with van der Waals surface area (Å²) in [7, 11) is 0. The normalized spacial score (nSPS) is 31.0. The van der Waals surface area contributed by atoms with Crippen LogP contribution in [0.4, 0.5) is 0 Å². The summed E-state index contributed by atoms with van der Waals surface area (Å²) in [4.78, 5) is 4.60. The summed E-state index contributed by atoms with van der Waals surface area (Å²) in [6, 6.07) is 6.60. The molecule has 5 rings (SSSR count). The van der Waals surface area contributed by atoms with Gasteiger partial charge < -0.3 is 14.9 Å². The maximum Gasteiger partial charge on any atom is 0.119 e. The van der Waals surface area contributed by atoms with E-state index in [1.54, 1.807) is 11.3 Å². The summed E-state index contributed by atoms with van der Waals surface area (Å²) in [6.07, 6.45) is 7.68. The van der Waals surface area contributed by atoms with Gasteiger partial charge in [-0.3, -0.25) is 0 Å². The van der Waals surface area contributed by atoms with E-state index in [-0.39, 0.29) is 18.6 Å². The summed E-state index contributed by atoms with van der Waals surface area (Å²) in [5, 5.41) is 23.2. The fourth-order valence-corrected chi connectivity index (χ4v) is 6.85. The first-order chi connectivity index (χ1) is 14.7. The molecule has 1 aromatic carbocycles. The van der Waals surface area contributed by atoms with Crippen LogP contribution in [0.5, 0.6) is 5.75 Å². The Morgan fingerprint density at radius 2 is 1.97 bits per heavy atom. The van der Waals surface area contributed by atoms with Crippen LogP contribution in [0.2, 0.25) is 0 Å². The molecule has 5 heteroatoms. The predicted octanol–water partition coefficient (Wildman–Crippen LogP) is 5.03. The standard InChI is InChI=1S/C25H33NO3S/c1-2-15-5-7-20(11-22(15)16-3-4-16)29-13-23-21-8-6-17(9-18(21)10-24(23)28)25-26-19(12-27)14-30-25/h5,7,11,14,16-18,21,23-24,27-28H,2-4,6,8-10,12-13H2,1H3/t17-,18-,21-,23+,24-/m0/s1. The van der Waals surface area contributed by atoms with E-state index < -0.39 is 0 Å². The van der Waals surface area contributed by atoms with Crippen LogP contribution in [-0.4, -0.2) is 27.9 Å². The highest BCUT2D eigenvalue weighted by Crippen LogP contribution is 2.51. The molecule has 2 N–H and O–H groups in total. The molecule has 3 saturated carbocycles. The molecule has 0 spiro atoms. The summed E-state index contributed by atoms with van der Waals surface area (Å²) in [6.45, 7) is 2.87. The largest absolute Gasteiger partial charge is 0.493 e. The first-order valence-corrected chi connectivity index (χ1v) is 12.5. The molecule has 1 heterocycles. The van der Waals surface area contributed by atoms with Gasteiger partial charge in [0.15, 0.2) is 0 Å². The maximum absolute atomic E-state index is 10.8. The number of nitrogens with zero attached hydrogens (tertiary/aromatic N) is 1. The average Bonchev–Trinajstić information content (AvgIpc) is 3.41. The fourth-order valence-electron chi connectivity index (χ4n) is 5.89. The minimum atomic E-state index is -0.263. The van der Waals surface area contributed by atoms with Crippen molar-refractivity contribution in [3.8, 4) is 5.75 Å². The van der Waals surface area contributed by atoms with Gasteiger partial charge in [0.25, 0.3) is 0 Å². The molecule has 30 heavy (non-hydrogen) atoms. The molecule has 0 radical (unpaired) electrons. The lowest BCUT2D eigenvalue weighted by molar-refractivity contribution is 0.0740. The SMILES string of the molecule is CCc1ccc(OC[C@@H]2[C@H]3CC[C@H](c4nc(CO)cs4)C[C@H]3C[C@@H]2O)cc1C1CC1. The van der Waals surface area contributed by atoms with Gasteiger partial charge in [0, 0.05) is 17.2 Å². The van der Waals surface area contributed by atoms with E-state index in [1.807, 2.05) is 5.38 Å². The van der Waals surface area contributed by atoms with Crippen molar-refractivity contribution in [1.29, 1.82) is 0 Å². The maximum atomic E-state index is 10.8. The molecular weight excluding hydrogens is 394 g/mol. The number of aliphatic hydroxyl groups excluding tert-OH is 2. The van der Waals surface area contributed by atoms with Gasteiger partial charge in [-0.05, 0) is 86.0 Å². The summed E-state index contributed by atoms with van der Waals surface area (Å²) in [5.74, 6) is 3.52. The van der Waals surface area contributed by atoms with Crippen LogP contribution >= 0.6 is 11.3 Å². The molecule has 0 aliphatic heterocycles. The van der Waals surface area contributed by atoms with E-state index in [9.17, 15) is 10.2 Å². The molecule has 2 aromatic rings. The van der Waals surface area contributed by atoms with E-state index in [0.717, 1.165) is 54.5 Å². The summed E-state index contributed by atoms with van der Waals surface area (Å²) >= 11 is 1.68. The van der Waals surface area contributed by atoms with Gasteiger partial charge in [-0.15, -0.1) is 11.3 Å². The minimum absolute atomic E-state index is 0.0229. The molecule has 3 aliphatic carbocycles. The van der Waals surface area contributed by atoms with Crippen molar-refractivity contribution >= 4 is 11.3 Å². The Balaban J connectivity index is 1.22. The van der Waals surface area contributed by atoms with Crippen LogP contribution in [0.25, 0.3) is 0 Å². The highest BCUT2D eigenvalue weighted by molar-refractivity contribution is 7.09. The first kappa shape index (κ1) is 20.5. The van der Waals surface area contributed by atoms with Crippen molar-refractivity contribution in [2.24, 2.45) is 17.8 Å². The molecule has 0 unspecified atom stereocenters. The lowest BCUT2D eigenvalue weighted by Gasteiger charge is -2.33. The number of aliphatic hydroxyl groups is 2. The first-order valence-electron chi connectivity index (χ1n) is 11.6. The number of aryl methyl sites for hydroxylation is 1. The molecular formula is C25H33NO3S. The Hall–Kier alpha value is -1.43. The topological polar surface area (TPSA) is 62.6 Å². The molecule has 5 atom stereocenters. The Morgan fingerprint density at radius 1 is 1.13 bits per heavy atom. The zero-order valence-corrected chi connectivity index (χ0v) is 18.6. The van der Waals surface area contributed by atoms with E-state index >= 15 is 0 Å². The number of aromatic nitrogens is 1. The zero-order valence-electron chi connectivity index (χ0n) is 17.8.